The third-order valence-corrected chi connectivity index (χ3v) is 3.86. The molecule has 3 nitrogen and oxygen atoms in total. The first-order valence-electron chi connectivity index (χ1n) is 5.85. The number of nitrogens with one attached hydrogen (secondary N) is 1. The normalized spacial score (nSPS) is 29.6. The minimum absolute atomic E-state index is 0.783. The van der Waals surface area contributed by atoms with Crippen molar-refractivity contribution in [1.29, 1.82) is 0 Å². The molecule has 0 aromatic carbocycles. The van der Waals surface area contributed by atoms with Crippen LogP contribution in [0.25, 0.3) is 0 Å². The maximum Gasteiger partial charge on any atom is 0.0558 e. The molecule has 1 aromatic heterocycles. The van der Waals surface area contributed by atoms with Crippen LogP contribution in [0.3, 0.4) is 0 Å². The number of halogens is 1. The highest BCUT2D eigenvalue weighted by molar-refractivity contribution is 6.30. The summed E-state index contributed by atoms with van der Waals surface area (Å²) in [6.45, 7) is 5.71. The quantitative estimate of drug-likeness (QED) is 0.843. The van der Waals surface area contributed by atoms with Crippen molar-refractivity contribution in [1.82, 2.24) is 15.2 Å². The SMILES string of the molecule is Clc1ccnc(CN2CC3CNCC3C2)c1. The zero-order chi connectivity index (χ0) is 11.0. The molecule has 2 aliphatic heterocycles. The molecule has 86 valence electrons. The topological polar surface area (TPSA) is 28.2 Å². The van der Waals surface area contributed by atoms with Crippen LogP contribution in [0.5, 0.6) is 0 Å². The maximum absolute atomic E-state index is 5.96. The molecule has 2 atom stereocenters. The molecule has 2 aliphatic rings. The minimum Gasteiger partial charge on any atom is -0.316 e. The summed E-state index contributed by atoms with van der Waals surface area (Å²) >= 11 is 5.96. The zero-order valence-corrected chi connectivity index (χ0v) is 9.95. The third kappa shape index (κ3) is 2.08. The van der Waals surface area contributed by atoms with E-state index in [-0.39, 0.29) is 0 Å². The summed E-state index contributed by atoms with van der Waals surface area (Å²) in [6, 6.07) is 3.79. The molecule has 2 fully saturated rings. The lowest BCUT2D eigenvalue weighted by molar-refractivity contribution is 0.302. The van der Waals surface area contributed by atoms with Crippen molar-refractivity contribution in [3.63, 3.8) is 0 Å². The number of rotatable bonds is 2. The third-order valence-electron chi connectivity index (χ3n) is 3.63. The fourth-order valence-corrected chi connectivity index (χ4v) is 3.03. The standard InChI is InChI=1S/C12H16ClN3/c13-11-1-2-15-12(3-11)8-16-6-9-4-14-5-10(9)7-16/h1-3,9-10,14H,4-8H2. The van der Waals surface area contributed by atoms with Crippen LogP contribution in [0, 0.1) is 11.8 Å². The van der Waals surface area contributed by atoms with E-state index in [0.717, 1.165) is 29.1 Å². The highest BCUT2D eigenvalue weighted by Crippen LogP contribution is 2.27. The highest BCUT2D eigenvalue weighted by Gasteiger charge is 2.35. The Morgan fingerprint density at radius 3 is 2.81 bits per heavy atom. The Labute approximate surface area is 101 Å². The number of aromatic nitrogens is 1. The van der Waals surface area contributed by atoms with Crippen LogP contribution in [-0.4, -0.2) is 36.1 Å². The Hall–Kier alpha value is -0.640. The summed E-state index contributed by atoms with van der Waals surface area (Å²) in [6.07, 6.45) is 1.79. The van der Waals surface area contributed by atoms with Gasteiger partial charge in [0.1, 0.15) is 0 Å². The van der Waals surface area contributed by atoms with Gasteiger partial charge in [-0.1, -0.05) is 11.6 Å². The summed E-state index contributed by atoms with van der Waals surface area (Å²) in [5.74, 6) is 1.69. The molecule has 0 amide bonds. The minimum atomic E-state index is 0.783. The second-order valence-corrected chi connectivity index (χ2v) is 5.27. The van der Waals surface area contributed by atoms with E-state index in [1.807, 2.05) is 12.1 Å². The number of hydrogen-bond donors (Lipinski definition) is 1. The van der Waals surface area contributed by atoms with Crippen LogP contribution in [0.4, 0.5) is 0 Å². The molecule has 0 spiro atoms. The summed E-state index contributed by atoms with van der Waals surface area (Å²) in [7, 11) is 0. The van der Waals surface area contributed by atoms with Gasteiger partial charge in [0.15, 0.2) is 0 Å². The summed E-state index contributed by atoms with van der Waals surface area (Å²) in [5.41, 5.74) is 1.08. The monoisotopic (exact) mass is 237 g/mol. The number of pyridine rings is 1. The molecule has 0 saturated carbocycles. The van der Waals surface area contributed by atoms with Crippen LogP contribution in [0.15, 0.2) is 18.3 Å². The molecule has 4 heteroatoms. The van der Waals surface area contributed by atoms with E-state index in [2.05, 4.69) is 15.2 Å². The van der Waals surface area contributed by atoms with E-state index in [9.17, 15) is 0 Å². The fourth-order valence-electron chi connectivity index (χ4n) is 2.85. The van der Waals surface area contributed by atoms with Gasteiger partial charge in [0.25, 0.3) is 0 Å². The number of nitrogens with zero attached hydrogens (tertiary/aromatic N) is 2. The van der Waals surface area contributed by atoms with E-state index in [4.69, 9.17) is 11.6 Å². The van der Waals surface area contributed by atoms with Gasteiger partial charge in [-0.25, -0.2) is 0 Å². The number of likely N-dealkylation sites (tertiary alicyclic amines) is 1. The van der Waals surface area contributed by atoms with Crippen molar-refractivity contribution in [3.8, 4) is 0 Å². The Balaban J connectivity index is 1.64. The van der Waals surface area contributed by atoms with Crippen LogP contribution >= 0.6 is 11.6 Å². The molecule has 3 heterocycles. The van der Waals surface area contributed by atoms with E-state index in [1.54, 1.807) is 6.20 Å². The van der Waals surface area contributed by atoms with E-state index in [1.165, 1.54) is 26.2 Å². The smallest absolute Gasteiger partial charge is 0.0558 e. The lowest BCUT2D eigenvalue weighted by Crippen LogP contribution is -2.25. The van der Waals surface area contributed by atoms with Gasteiger partial charge in [0.05, 0.1) is 5.69 Å². The molecule has 0 radical (unpaired) electrons. The number of fused-ring (bicyclic) bond motifs is 1. The molecule has 16 heavy (non-hydrogen) atoms. The average Bonchev–Trinajstić information content (AvgIpc) is 2.77. The molecule has 3 rings (SSSR count). The first kappa shape index (κ1) is 10.5. The van der Waals surface area contributed by atoms with Crippen LogP contribution in [0.1, 0.15) is 5.69 Å². The second kappa shape index (κ2) is 4.32. The highest BCUT2D eigenvalue weighted by atomic mass is 35.5. The molecule has 0 bridgehead atoms. The van der Waals surface area contributed by atoms with Gasteiger partial charge in [-0.15, -0.1) is 0 Å². The molecule has 2 saturated heterocycles. The Morgan fingerprint density at radius 2 is 2.12 bits per heavy atom. The van der Waals surface area contributed by atoms with Crippen LogP contribution < -0.4 is 5.32 Å². The fraction of sp³-hybridized carbons (Fsp3) is 0.583. The van der Waals surface area contributed by atoms with Crippen LogP contribution in [0.2, 0.25) is 5.02 Å². The Bertz CT molecular complexity index is 370. The lowest BCUT2D eigenvalue weighted by Gasteiger charge is -2.16. The maximum atomic E-state index is 5.96. The summed E-state index contributed by atoms with van der Waals surface area (Å²) < 4.78 is 0. The molecule has 0 aliphatic carbocycles. The Kier molecular flexibility index (Phi) is 2.84. The number of hydrogen-bond acceptors (Lipinski definition) is 3. The first-order chi connectivity index (χ1) is 7.81. The van der Waals surface area contributed by atoms with Gasteiger partial charge in [-0.05, 0) is 37.1 Å². The van der Waals surface area contributed by atoms with Gasteiger partial charge in [-0.2, -0.15) is 0 Å². The average molecular weight is 238 g/mol. The van der Waals surface area contributed by atoms with Crippen molar-refractivity contribution >= 4 is 11.6 Å². The van der Waals surface area contributed by atoms with Crippen molar-refractivity contribution in [2.24, 2.45) is 11.8 Å². The first-order valence-corrected chi connectivity index (χ1v) is 6.22. The zero-order valence-electron chi connectivity index (χ0n) is 9.19. The second-order valence-electron chi connectivity index (χ2n) is 4.84. The van der Waals surface area contributed by atoms with Crippen LogP contribution in [-0.2, 0) is 6.54 Å². The molecular weight excluding hydrogens is 222 g/mol. The van der Waals surface area contributed by atoms with E-state index in [0.29, 0.717) is 0 Å². The largest absolute Gasteiger partial charge is 0.316 e. The van der Waals surface area contributed by atoms with Gasteiger partial charge >= 0.3 is 0 Å². The summed E-state index contributed by atoms with van der Waals surface area (Å²) in [4.78, 5) is 6.85. The molecule has 1 aromatic rings. The van der Waals surface area contributed by atoms with E-state index >= 15 is 0 Å². The van der Waals surface area contributed by atoms with Crippen molar-refractivity contribution in [2.75, 3.05) is 26.2 Å². The molecular formula is C12H16ClN3. The summed E-state index contributed by atoms with van der Waals surface area (Å²) in [5, 5.41) is 4.24. The van der Waals surface area contributed by atoms with Gasteiger partial charge in [-0.3, -0.25) is 9.88 Å². The lowest BCUT2D eigenvalue weighted by atomic mass is 10.0. The van der Waals surface area contributed by atoms with Gasteiger partial charge in [0, 0.05) is 30.9 Å². The van der Waals surface area contributed by atoms with E-state index < -0.39 is 0 Å². The van der Waals surface area contributed by atoms with Crippen molar-refractivity contribution < 1.29 is 0 Å². The molecule has 1 N–H and O–H groups in total. The van der Waals surface area contributed by atoms with Gasteiger partial charge in [0.2, 0.25) is 0 Å². The van der Waals surface area contributed by atoms with Crippen molar-refractivity contribution in [2.45, 2.75) is 6.54 Å². The van der Waals surface area contributed by atoms with Crippen molar-refractivity contribution in [3.05, 3.63) is 29.0 Å². The molecule has 2 unspecified atom stereocenters. The predicted molar refractivity (Wildman–Crippen MR) is 64.4 cm³/mol. The van der Waals surface area contributed by atoms with Gasteiger partial charge < -0.3 is 5.32 Å². The predicted octanol–water partition coefficient (Wildman–Crippen LogP) is 1.39. The Morgan fingerprint density at radius 1 is 1.38 bits per heavy atom.